The van der Waals surface area contributed by atoms with Gasteiger partial charge in [0.2, 0.25) is 0 Å². The van der Waals surface area contributed by atoms with Crippen molar-refractivity contribution in [1.82, 2.24) is 15.3 Å². The maximum Gasteiger partial charge on any atom is 0.0913 e. The molecule has 2 aromatic heterocycles. The van der Waals surface area contributed by atoms with Crippen LogP contribution in [0, 0.1) is 0 Å². The molecule has 32 heavy (non-hydrogen) atoms. The molecule has 164 valence electrons. The number of aryl methyl sites for hydroxylation is 1. The summed E-state index contributed by atoms with van der Waals surface area (Å²) in [5, 5.41) is 4.68. The standard InChI is InChI=1S/C28H32N4/c1-6-19(4)15-22(8-3)32-28(26(29)17-23-11-9-10-14-30-23)20(5)25-18-31-27-13-12-21(7-2)16-24(25)27/h6,8-18,28,31-32H,3,5,7,29H2,1-2,4H3/b19-6-,22-15+,26-17?. The van der Waals surface area contributed by atoms with Crippen LogP contribution in [0.15, 0.2) is 97.1 Å². The first-order valence-corrected chi connectivity index (χ1v) is 10.9. The lowest BCUT2D eigenvalue weighted by Gasteiger charge is -2.24. The first-order valence-electron chi connectivity index (χ1n) is 10.9. The number of benzene rings is 1. The normalized spacial score (nSPS) is 13.8. The lowest BCUT2D eigenvalue weighted by atomic mass is 9.95. The maximum absolute atomic E-state index is 6.63. The van der Waals surface area contributed by atoms with Gasteiger partial charge in [-0.1, -0.05) is 43.9 Å². The predicted octanol–water partition coefficient (Wildman–Crippen LogP) is 6.13. The fraction of sp³-hybridized carbons (Fsp3) is 0.179. The first kappa shape index (κ1) is 22.9. The van der Waals surface area contributed by atoms with Gasteiger partial charge < -0.3 is 16.0 Å². The van der Waals surface area contributed by atoms with E-state index in [1.165, 1.54) is 5.56 Å². The molecule has 4 N–H and O–H groups in total. The molecule has 0 aliphatic heterocycles. The summed E-state index contributed by atoms with van der Waals surface area (Å²) in [7, 11) is 0. The van der Waals surface area contributed by atoms with Gasteiger partial charge in [-0.2, -0.15) is 0 Å². The van der Waals surface area contributed by atoms with E-state index < -0.39 is 0 Å². The molecule has 0 fully saturated rings. The second kappa shape index (κ2) is 10.5. The minimum Gasteiger partial charge on any atom is -0.400 e. The third-order valence-electron chi connectivity index (χ3n) is 5.55. The van der Waals surface area contributed by atoms with E-state index in [0.717, 1.165) is 45.4 Å². The molecule has 0 saturated carbocycles. The second-order valence-corrected chi connectivity index (χ2v) is 7.77. The number of nitrogens with zero attached hydrogens (tertiary/aromatic N) is 1. The Hall–Kier alpha value is -3.79. The van der Waals surface area contributed by atoms with Crippen LogP contribution in [0.5, 0.6) is 0 Å². The van der Waals surface area contributed by atoms with Crippen LogP contribution in [-0.2, 0) is 6.42 Å². The van der Waals surface area contributed by atoms with E-state index in [-0.39, 0.29) is 6.04 Å². The van der Waals surface area contributed by atoms with Crippen LogP contribution in [0.2, 0.25) is 0 Å². The number of nitrogens with one attached hydrogen (secondary N) is 2. The van der Waals surface area contributed by atoms with Crippen molar-refractivity contribution in [3.05, 3.63) is 114 Å². The number of nitrogens with two attached hydrogens (primary N) is 1. The Morgan fingerprint density at radius 3 is 2.75 bits per heavy atom. The monoisotopic (exact) mass is 424 g/mol. The molecule has 0 saturated heterocycles. The lowest BCUT2D eigenvalue weighted by molar-refractivity contribution is 0.777. The minimum absolute atomic E-state index is 0.338. The average Bonchev–Trinajstić information content (AvgIpc) is 3.24. The summed E-state index contributed by atoms with van der Waals surface area (Å²) in [5.74, 6) is 0. The number of hydrogen-bond donors (Lipinski definition) is 3. The molecule has 1 unspecified atom stereocenters. The highest BCUT2D eigenvalue weighted by Crippen LogP contribution is 2.29. The zero-order chi connectivity index (χ0) is 23.1. The van der Waals surface area contributed by atoms with Crippen molar-refractivity contribution in [3.63, 3.8) is 0 Å². The van der Waals surface area contributed by atoms with E-state index in [1.54, 1.807) is 12.3 Å². The lowest BCUT2D eigenvalue weighted by Crippen LogP contribution is -2.34. The van der Waals surface area contributed by atoms with Gasteiger partial charge in [0.1, 0.15) is 0 Å². The molecular formula is C28H32N4. The molecular weight excluding hydrogens is 392 g/mol. The van der Waals surface area contributed by atoms with Crippen molar-refractivity contribution in [2.24, 2.45) is 5.73 Å². The summed E-state index contributed by atoms with van der Waals surface area (Å²) < 4.78 is 0. The summed E-state index contributed by atoms with van der Waals surface area (Å²) >= 11 is 0. The number of aromatic nitrogens is 2. The van der Waals surface area contributed by atoms with E-state index >= 15 is 0 Å². The molecule has 2 heterocycles. The summed E-state index contributed by atoms with van der Waals surface area (Å²) in [6.45, 7) is 14.6. The predicted molar refractivity (Wildman–Crippen MR) is 138 cm³/mol. The van der Waals surface area contributed by atoms with Gasteiger partial charge in [0, 0.05) is 40.3 Å². The highest BCUT2D eigenvalue weighted by molar-refractivity contribution is 5.94. The fourth-order valence-corrected chi connectivity index (χ4v) is 3.55. The summed E-state index contributed by atoms with van der Waals surface area (Å²) in [4.78, 5) is 7.76. The number of aromatic amines is 1. The molecule has 0 aliphatic carbocycles. The Kier molecular flexibility index (Phi) is 7.50. The van der Waals surface area contributed by atoms with Crippen molar-refractivity contribution in [1.29, 1.82) is 0 Å². The topological polar surface area (TPSA) is 66.7 Å². The molecule has 1 aromatic carbocycles. The molecule has 3 aromatic rings. The molecule has 1 atom stereocenters. The van der Waals surface area contributed by atoms with Crippen LogP contribution >= 0.6 is 0 Å². The summed E-state index contributed by atoms with van der Waals surface area (Å²) in [6, 6.07) is 11.9. The molecule has 0 spiro atoms. The van der Waals surface area contributed by atoms with E-state index in [1.807, 2.05) is 56.5 Å². The molecule has 0 bridgehead atoms. The van der Waals surface area contributed by atoms with Gasteiger partial charge in [-0.15, -0.1) is 0 Å². The van der Waals surface area contributed by atoms with Gasteiger partial charge in [-0.25, -0.2) is 0 Å². The number of pyridine rings is 1. The third-order valence-corrected chi connectivity index (χ3v) is 5.55. The van der Waals surface area contributed by atoms with Crippen LogP contribution in [0.25, 0.3) is 22.6 Å². The summed E-state index contributed by atoms with van der Waals surface area (Å²) in [6.07, 6.45) is 12.5. The van der Waals surface area contributed by atoms with E-state index in [2.05, 4.69) is 53.6 Å². The second-order valence-electron chi connectivity index (χ2n) is 7.77. The van der Waals surface area contributed by atoms with Crippen molar-refractivity contribution in [3.8, 4) is 0 Å². The Balaban J connectivity index is 2.07. The molecule has 0 radical (unpaired) electrons. The van der Waals surface area contributed by atoms with Gasteiger partial charge in [0.15, 0.2) is 0 Å². The van der Waals surface area contributed by atoms with Crippen LogP contribution < -0.4 is 11.1 Å². The number of H-pyrrole nitrogens is 1. The molecule has 4 heteroatoms. The number of hydrogen-bond acceptors (Lipinski definition) is 3. The van der Waals surface area contributed by atoms with Crippen molar-refractivity contribution in [2.45, 2.75) is 33.2 Å². The Bertz CT molecular complexity index is 1190. The largest absolute Gasteiger partial charge is 0.400 e. The third kappa shape index (κ3) is 5.27. The van der Waals surface area contributed by atoms with Gasteiger partial charge in [0.05, 0.1) is 11.7 Å². The summed E-state index contributed by atoms with van der Waals surface area (Å²) in [5.41, 5.74) is 14.3. The van der Waals surface area contributed by atoms with Crippen molar-refractivity contribution < 1.29 is 0 Å². The minimum atomic E-state index is -0.338. The maximum atomic E-state index is 6.63. The average molecular weight is 425 g/mol. The van der Waals surface area contributed by atoms with Crippen LogP contribution in [0.3, 0.4) is 0 Å². The van der Waals surface area contributed by atoms with E-state index in [0.29, 0.717) is 5.70 Å². The quantitative estimate of drug-likeness (QED) is 0.362. The molecule has 0 aliphatic rings. The van der Waals surface area contributed by atoms with Gasteiger partial charge in [-0.3, -0.25) is 4.98 Å². The Morgan fingerprint density at radius 1 is 1.28 bits per heavy atom. The van der Waals surface area contributed by atoms with E-state index in [9.17, 15) is 0 Å². The van der Waals surface area contributed by atoms with Crippen LogP contribution in [-0.4, -0.2) is 16.0 Å². The highest BCUT2D eigenvalue weighted by atomic mass is 15.0. The number of fused-ring (bicyclic) bond motifs is 1. The smallest absolute Gasteiger partial charge is 0.0913 e. The van der Waals surface area contributed by atoms with E-state index in [4.69, 9.17) is 5.73 Å². The number of allylic oxidation sites excluding steroid dienone is 4. The van der Waals surface area contributed by atoms with Crippen molar-refractivity contribution in [2.75, 3.05) is 0 Å². The number of rotatable bonds is 9. The zero-order valence-electron chi connectivity index (χ0n) is 19.2. The van der Waals surface area contributed by atoms with Gasteiger partial charge in [0.25, 0.3) is 0 Å². The van der Waals surface area contributed by atoms with Gasteiger partial charge >= 0.3 is 0 Å². The zero-order valence-corrected chi connectivity index (χ0v) is 19.2. The molecule has 3 rings (SSSR count). The SMILES string of the molecule is C=C/C(=C\C(C)=C/C)NC(C(=C)c1c[nH]c2ccc(CC)cc12)C(N)=Cc1ccccn1. The molecule has 0 amide bonds. The van der Waals surface area contributed by atoms with Crippen molar-refractivity contribution >= 4 is 22.6 Å². The van der Waals surface area contributed by atoms with Crippen LogP contribution in [0.1, 0.15) is 37.6 Å². The Morgan fingerprint density at radius 2 is 2.09 bits per heavy atom. The van der Waals surface area contributed by atoms with Gasteiger partial charge in [-0.05, 0) is 73.9 Å². The molecule has 4 nitrogen and oxygen atoms in total. The van der Waals surface area contributed by atoms with Crippen LogP contribution in [0.4, 0.5) is 0 Å². The first-order chi connectivity index (χ1) is 15.5. The fourth-order valence-electron chi connectivity index (χ4n) is 3.55. The Labute approximate surface area is 191 Å². The highest BCUT2D eigenvalue weighted by Gasteiger charge is 2.20.